The molecular formula is C8H18NO3+. The first kappa shape index (κ1) is 11.4. The van der Waals surface area contributed by atoms with E-state index in [9.17, 15) is 4.79 Å². The normalized spacial score (nSPS) is 14.1. The maximum atomic E-state index is 10.7. The predicted molar refractivity (Wildman–Crippen MR) is 45.5 cm³/mol. The van der Waals surface area contributed by atoms with Crippen molar-refractivity contribution in [3.63, 3.8) is 0 Å². The molecule has 0 aromatic rings. The van der Waals surface area contributed by atoms with Gasteiger partial charge in [-0.1, -0.05) is 0 Å². The van der Waals surface area contributed by atoms with Crippen molar-refractivity contribution in [2.45, 2.75) is 13.0 Å². The van der Waals surface area contributed by atoms with E-state index in [-0.39, 0.29) is 0 Å². The number of quaternary nitrogens is 1. The number of rotatable bonds is 4. The van der Waals surface area contributed by atoms with E-state index in [1.807, 2.05) is 21.1 Å². The summed E-state index contributed by atoms with van der Waals surface area (Å²) < 4.78 is 5.52. The molecule has 1 N–H and O–H groups in total. The molecule has 0 radical (unpaired) electrons. The van der Waals surface area contributed by atoms with Gasteiger partial charge < -0.3 is 14.3 Å². The second-order valence-corrected chi connectivity index (χ2v) is 3.86. The van der Waals surface area contributed by atoms with Crippen LogP contribution >= 0.6 is 0 Å². The molecule has 0 rings (SSSR count). The summed E-state index contributed by atoms with van der Waals surface area (Å²) in [5.74, 6) is -0.552. The molecule has 4 nitrogen and oxygen atoms in total. The highest BCUT2D eigenvalue weighted by Gasteiger charge is 2.12. The maximum Gasteiger partial charge on any atom is 0.334 e. The number of esters is 1. The van der Waals surface area contributed by atoms with Gasteiger partial charge in [-0.25, -0.2) is 4.79 Å². The van der Waals surface area contributed by atoms with Gasteiger partial charge in [0.05, 0.1) is 21.1 Å². The lowest BCUT2D eigenvalue weighted by Gasteiger charge is -2.23. The van der Waals surface area contributed by atoms with Gasteiger partial charge in [-0.05, 0) is 6.92 Å². The molecule has 12 heavy (non-hydrogen) atoms. The molecule has 1 unspecified atom stereocenters. The lowest BCUT2D eigenvalue weighted by molar-refractivity contribution is -0.870. The first-order chi connectivity index (χ1) is 5.33. The van der Waals surface area contributed by atoms with Gasteiger partial charge in [0.15, 0.2) is 0 Å². The third-order valence-electron chi connectivity index (χ3n) is 1.35. The summed E-state index contributed by atoms with van der Waals surface area (Å²) in [6.45, 7) is 2.50. The lowest BCUT2D eigenvalue weighted by atomic mass is 10.4. The topological polar surface area (TPSA) is 46.5 Å². The van der Waals surface area contributed by atoms with E-state index in [4.69, 9.17) is 9.84 Å². The van der Waals surface area contributed by atoms with Crippen molar-refractivity contribution in [3.05, 3.63) is 0 Å². The van der Waals surface area contributed by atoms with Crippen LogP contribution in [-0.2, 0) is 9.53 Å². The Hall–Kier alpha value is -0.610. The van der Waals surface area contributed by atoms with Gasteiger partial charge in [0.1, 0.15) is 19.3 Å². The van der Waals surface area contributed by atoms with Crippen molar-refractivity contribution >= 4 is 5.97 Å². The van der Waals surface area contributed by atoms with Crippen LogP contribution in [0.1, 0.15) is 6.92 Å². The predicted octanol–water partition coefficient (Wildman–Crippen LogP) is -0.383. The Morgan fingerprint density at radius 2 is 2.00 bits per heavy atom. The second kappa shape index (κ2) is 4.42. The highest BCUT2D eigenvalue weighted by atomic mass is 16.5. The molecule has 0 fully saturated rings. The minimum Gasteiger partial charge on any atom is -0.458 e. The van der Waals surface area contributed by atoms with E-state index in [1.165, 1.54) is 6.92 Å². The number of aliphatic hydroxyl groups is 1. The van der Waals surface area contributed by atoms with Crippen LogP contribution in [0.15, 0.2) is 0 Å². The minimum absolute atomic E-state index is 0.354. The molecule has 0 aliphatic rings. The van der Waals surface area contributed by atoms with Gasteiger partial charge >= 0.3 is 5.97 Å². The molecule has 0 aromatic carbocycles. The van der Waals surface area contributed by atoms with Crippen LogP contribution in [0.4, 0.5) is 0 Å². The first-order valence-corrected chi connectivity index (χ1v) is 3.98. The van der Waals surface area contributed by atoms with Crippen molar-refractivity contribution in [1.82, 2.24) is 0 Å². The van der Waals surface area contributed by atoms with E-state index >= 15 is 0 Å². The summed E-state index contributed by atoms with van der Waals surface area (Å²) in [6, 6.07) is 0. The number of carbonyl (C=O) groups is 1. The van der Waals surface area contributed by atoms with Crippen LogP contribution in [0, 0.1) is 0 Å². The van der Waals surface area contributed by atoms with Crippen LogP contribution in [-0.4, -0.2) is 56.0 Å². The largest absolute Gasteiger partial charge is 0.458 e. The third kappa shape index (κ3) is 6.12. The third-order valence-corrected chi connectivity index (χ3v) is 1.35. The molecule has 72 valence electrons. The Morgan fingerprint density at radius 3 is 2.33 bits per heavy atom. The van der Waals surface area contributed by atoms with Gasteiger partial charge in [-0.3, -0.25) is 0 Å². The Kier molecular flexibility index (Phi) is 4.20. The molecule has 0 saturated heterocycles. The molecule has 1 atom stereocenters. The summed E-state index contributed by atoms with van der Waals surface area (Å²) >= 11 is 0. The number of nitrogens with zero attached hydrogens (tertiary/aromatic N) is 1. The fourth-order valence-electron chi connectivity index (χ4n) is 0.541. The van der Waals surface area contributed by atoms with E-state index in [1.54, 1.807) is 0 Å². The van der Waals surface area contributed by atoms with E-state index < -0.39 is 12.1 Å². The number of likely N-dealkylation sites (N-methyl/N-ethyl adjacent to an activating group) is 1. The van der Waals surface area contributed by atoms with Crippen LogP contribution in [0.3, 0.4) is 0 Å². The molecule has 0 bridgehead atoms. The SMILES string of the molecule is CC(O)C(=O)OCC[N+](C)(C)C. The Balaban J connectivity index is 3.51. The number of aliphatic hydroxyl groups excluding tert-OH is 1. The molecule has 0 aliphatic heterocycles. The summed E-state index contributed by atoms with van der Waals surface area (Å²) in [4.78, 5) is 10.7. The van der Waals surface area contributed by atoms with Crippen molar-refractivity contribution in [2.75, 3.05) is 34.3 Å². The Labute approximate surface area is 73.3 Å². The molecular weight excluding hydrogens is 158 g/mol. The second-order valence-electron chi connectivity index (χ2n) is 3.86. The fraction of sp³-hybridized carbons (Fsp3) is 0.875. The Bertz CT molecular complexity index is 149. The first-order valence-electron chi connectivity index (χ1n) is 3.98. The summed E-state index contributed by atoms with van der Waals surface area (Å²) in [5, 5.41) is 8.77. The molecule has 0 aromatic heterocycles. The maximum absolute atomic E-state index is 10.7. The minimum atomic E-state index is -1.02. The molecule has 0 spiro atoms. The van der Waals surface area contributed by atoms with Crippen LogP contribution in [0.5, 0.6) is 0 Å². The summed E-state index contributed by atoms with van der Waals surface area (Å²) in [6.07, 6.45) is -1.02. The zero-order valence-corrected chi connectivity index (χ0v) is 8.20. The monoisotopic (exact) mass is 176 g/mol. The fourth-order valence-corrected chi connectivity index (χ4v) is 0.541. The van der Waals surface area contributed by atoms with Crippen molar-refractivity contribution in [3.8, 4) is 0 Å². The number of ether oxygens (including phenoxy) is 1. The van der Waals surface area contributed by atoms with Crippen molar-refractivity contribution in [1.29, 1.82) is 0 Å². The van der Waals surface area contributed by atoms with Gasteiger partial charge in [0, 0.05) is 0 Å². The van der Waals surface area contributed by atoms with Gasteiger partial charge in [-0.2, -0.15) is 0 Å². The highest BCUT2D eigenvalue weighted by Crippen LogP contribution is 1.91. The quantitative estimate of drug-likeness (QED) is 0.469. The number of carbonyl (C=O) groups excluding carboxylic acids is 1. The molecule has 4 heteroatoms. The molecule has 0 aliphatic carbocycles. The van der Waals surface area contributed by atoms with E-state index in [0.717, 1.165) is 11.0 Å². The van der Waals surface area contributed by atoms with Crippen molar-refractivity contribution in [2.24, 2.45) is 0 Å². The standard InChI is InChI=1S/C8H18NO3/c1-7(10)8(11)12-6-5-9(2,3)4/h7,10H,5-6H2,1-4H3/q+1. The zero-order valence-electron chi connectivity index (χ0n) is 8.20. The van der Waals surface area contributed by atoms with Crippen molar-refractivity contribution < 1.29 is 19.1 Å². The average molecular weight is 176 g/mol. The summed E-state index contributed by atoms with van der Waals surface area (Å²) in [7, 11) is 6.03. The van der Waals surface area contributed by atoms with Gasteiger partial charge in [-0.15, -0.1) is 0 Å². The number of hydrogen-bond donors (Lipinski definition) is 1. The van der Waals surface area contributed by atoms with E-state index in [2.05, 4.69) is 0 Å². The average Bonchev–Trinajstić information content (AvgIpc) is 1.84. The molecule has 0 heterocycles. The smallest absolute Gasteiger partial charge is 0.334 e. The van der Waals surface area contributed by atoms with E-state index in [0.29, 0.717) is 6.61 Å². The highest BCUT2D eigenvalue weighted by molar-refractivity contribution is 5.73. The molecule has 0 saturated carbocycles. The van der Waals surface area contributed by atoms with Gasteiger partial charge in [0.2, 0.25) is 0 Å². The number of hydrogen-bond acceptors (Lipinski definition) is 3. The van der Waals surface area contributed by atoms with Gasteiger partial charge in [0.25, 0.3) is 0 Å². The molecule has 0 amide bonds. The van der Waals surface area contributed by atoms with Crippen LogP contribution in [0.2, 0.25) is 0 Å². The van der Waals surface area contributed by atoms with Crippen LogP contribution < -0.4 is 0 Å². The van der Waals surface area contributed by atoms with Crippen LogP contribution in [0.25, 0.3) is 0 Å². The lowest BCUT2D eigenvalue weighted by Crippen LogP contribution is -2.38. The Morgan fingerprint density at radius 1 is 1.50 bits per heavy atom. The zero-order chi connectivity index (χ0) is 9.78. The summed E-state index contributed by atoms with van der Waals surface area (Å²) in [5.41, 5.74) is 0.